The molecule has 0 bridgehead atoms. The van der Waals surface area contributed by atoms with Crippen molar-refractivity contribution in [1.82, 2.24) is 9.55 Å². The van der Waals surface area contributed by atoms with Gasteiger partial charge in [0, 0.05) is 18.3 Å². The number of thiophene rings is 1. The van der Waals surface area contributed by atoms with E-state index in [2.05, 4.69) is 15.6 Å². The van der Waals surface area contributed by atoms with Crippen molar-refractivity contribution in [3.8, 4) is 0 Å². The molecule has 3 aromatic rings. The number of aryl methyl sites for hydroxylation is 1. The molecule has 1 aromatic carbocycles. The zero-order valence-corrected chi connectivity index (χ0v) is 19.2. The van der Waals surface area contributed by atoms with Gasteiger partial charge in [0.05, 0.1) is 17.8 Å². The van der Waals surface area contributed by atoms with Gasteiger partial charge in [-0.1, -0.05) is 0 Å². The third kappa shape index (κ3) is 4.86. The number of hydrogen-bond donors (Lipinski definition) is 2. The topological polar surface area (TPSA) is 119 Å². The largest absolute Gasteiger partial charge is 0.459 e. The summed E-state index contributed by atoms with van der Waals surface area (Å²) in [6.07, 6.45) is 1.02. The van der Waals surface area contributed by atoms with Gasteiger partial charge in [-0.3, -0.25) is 19.0 Å². The highest BCUT2D eigenvalue weighted by molar-refractivity contribution is 7.20. The molecule has 168 valence electrons. The maximum Gasteiger partial charge on any atom is 0.348 e. The standard InChI is InChI=1S/C22H24N4O5S/c1-11(2)31-22(30)18-12(3)17-20(32-18)23-10-26(21(17)29)13(4)19(28)25-16-8-6-15(7-9-16)24-14(5)27/h6-11,13H,1-5H3,(H,24,27)(H,25,28). The zero-order chi connectivity index (χ0) is 23.6. The van der Waals surface area contributed by atoms with Crippen molar-refractivity contribution in [2.24, 2.45) is 0 Å². The average Bonchev–Trinajstić information content (AvgIpc) is 3.06. The minimum absolute atomic E-state index is 0.193. The van der Waals surface area contributed by atoms with Crippen molar-refractivity contribution in [2.75, 3.05) is 10.6 Å². The van der Waals surface area contributed by atoms with Gasteiger partial charge in [-0.2, -0.15) is 0 Å². The van der Waals surface area contributed by atoms with Gasteiger partial charge in [-0.25, -0.2) is 9.78 Å². The van der Waals surface area contributed by atoms with Gasteiger partial charge in [0.2, 0.25) is 11.8 Å². The highest BCUT2D eigenvalue weighted by Gasteiger charge is 2.24. The van der Waals surface area contributed by atoms with Crippen molar-refractivity contribution < 1.29 is 19.1 Å². The Kier molecular flexibility index (Phi) is 6.73. The first-order valence-electron chi connectivity index (χ1n) is 9.98. The molecule has 0 spiro atoms. The molecular weight excluding hydrogens is 432 g/mol. The normalized spacial score (nSPS) is 11.9. The van der Waals surface area contributed by atoms with E-state index in [-0.39, 0.29) is 12.0 Å². The molecule has 32 heavy (non-hydrogen) atoms. The number of nitrogens with one attached hydrogen (secondary N) is 2. The average molecular weight is 457 g/mol. The minimum atomic E-state index is -0.847. The summed E-state index contributed by atoms with van der Waals surface area (Å²) in [5.74, 6) is -1.10. The number of amides is 2. The summed E-state index contributed by atoms with van der Waals surface area (Å²) < 4.78 is 6.48. The first kappa shape index (κ1) is 23.1. The molecule has 0 saturated heterocycles. The van der Waals surface area contributed by atoms with Crippen molar-refractivity contribution in [2.45, 2.75) is 46.8 Å². The Labute approximate surface area is 188 Å². The molecular formula is C22H24N4O5S. The Bertz CT molecular complexity index is 1240. The Hall–Kier alpha value is -3.53. The molecule has 0 saturated carbocycles. The molecule has 0 aliphatic heterocycles. The summed E-state index contributed by atoms with van der Waals surface area (Å²) in [6, 6.07) is 5.77. The van der Waals surface area contributed by atoms with Crippen LogP contribution >= 0.6 is 11.3 Å². The van der Waals surface area contributed by atoms with Gasteiger partial charge >= 0.3 is 5.97 Å². The molecule has 9 nitrogen and oxygen atoms in total. The van der Waals surface area contributed by atoms with Gasteiger partial charge in [0.25, 0.3) is 5.56 Å². The molecule has 2 heterocycles. The number of ether oxygens (including phenoxy) is 1. The molecule has 3 rings (SSSR count). The van der Waals surface area contributed by atoms with Crippen LogP contribution in [-0.2, 0) is 14.3 Å². The zero-order valence-electron chi connectivity index (χ0n) is 18.4. The molecule has 2 amide bonds. The van der Waals surface area contributed by atoms with Crippen LogP contribution in [0.2, 0.25) is 0 Å². The number of esters is 1. The fourth-order valence-corrected chi connectivity index (χ4v) is 4.11. The SMILES string of the molecule is CC(=O)Nc1ccc(NC(=O)C(C)n2cnc3sc(C(=O)OC(C)C)c(C)c3c2=O)cc1. The van der Waals surface area contributed by atoms with Crippen LogP contribution in [0.15, 0.2) is 35.4 Å². The maximum atomic E-state index is 13.1. The number of fused-ring (bicyclic) bond motifs is 1. The van der Waals surface area contributed by atoms with Gasteiger partial charge in [-0.05, 0) is 57.5 Å². The van der Waals surface area contributed by atoms with Crippen molar-refractivity contribution >= 4 is 50.7 Å². The lowest BCUT2D eigenvalue weighted by molar-refractivity contribution is -0.119. The van der Waals surface area contributed by atoms with Gasteiger partial charge in [0.1, 0.15) is 15.7 Å². The molecule has 2 aromatic heterocycles. The Balaban J connectivity index is 1.85. The number of benzene rings is 1. The number of carbonyl (C=O) groups is 3. The Morgan fingerprint density at radius 3 is 2.22 bits per heavy atom. The van der Waals surface area contributed by atoms with Crippen molar-refractivity contribution in [3.63, 3.8) is 0 Å². The number of rotatable bonds is 6. The first-order valence-corrected chi connectivity index (χ1v) is 10.8. The third-order valence-electron chi connectivity index (χ3n) is 4.67. The van der Waals surface area contributed by atoms with Gasteiger partial charge < -0.3 is 15.4 Å². The van der Waals surface area contributed by atoms with Crippen LogP contribution in [0.4, 0.5) is 11.4 Å². The number of hydrogen-bond acceptors (Lipinski definition) is 7. The lowest BCUT2D eigenvalue weighted by atomic mass is 10.2. The summed E-state index contributed by atoms with van der Waals surface area (Å²) >= 11 is 1.10. The van der Waals surface area contributed by atoms with Crippen LogP contribution in [0.25, 0.3) is 10.2 Å². The first-order chi connectivity index (χ1) is 15.1. The smallest absolute Gasteiger partial charge is 0.348 e. The number of aromatic nitrogens is 2. The van der Waals surface area contributed by atoms with E-state index in [9.17, 15) is 19.2 Å². The van der Waals surface area contributed by atoms with E-state index >= 15 is 0 Å². The molecule has 2 N–H and O–H groups in total. The Morgan fingerprint density at radius 1 is 1.06 bits per heavy atom. The lowest BCUT2D eigenvalue weighted by Crippen LogP contribution is -2.31. The molecule has 1 atom stereocenters. The van der Waals surface area contributed by atoms with E-state index in [1.165, 1.54) is 17.8 Å². The molecule has 10 heteroatoms. The molecule has 0 radical (unpaired) electrons. The second kappa shape index (κ2) is 9.31. The van der Waals surface area contributed by atoms with Crippen LogP contribution in [0.1, 0.15) is 49.0 Å². The van der Waals surface area contributed by atoms with E-state index in [0.29, 0.717) is 32.0 Å². The van der Waals surface area contributed by atoms with E-state index in [4.69, 9.17) is 4.74 Å². The van der Waals surface area contributed by atoms with Gasteiger partial charge in [0.15, 0.2) is 0 Å². The van der Waals surface area contributed by atoms with Crippen molar-refractivity contribution in [3.05, 3.63) is 51.4 Å². The molecule has 1 unspecified atom stereocenters. The monoisotopic (exact) mass is 456 g/mol. The van der Waals surface area contributed by atoms with Crippen LogP contribution in [0.3, 0.4) is 0 Å². The second-order valence-corrected chi connectivity index (χ2v) is 8.57. The molecule has 0 fully saturated rings. The van der Waals surface area contributed by atoms with Crippen LogP contribution in [0, 0.1) is 6.92 Å². The van der Waals surface area contributed by atoms with Gasteiger partial charge in [-0.15, -0.1) is 11.3 Å². The van der Waals surface area contributed by atoms with E-state index < -0.39 is 23.5 Å². The second-order valence-electron chi connectivity index (χ2n) is 7.57. The number of carbonyl (C=O) groups excluding carboxylic acids is 3. The maximum absolute atomic E-state index is 13.1. The van der Waals surface area contributed by atoms with E-state index in [0.717, 1.165) is 11.3 Å². The van der Waals surface area contributed by atoms with E-state index in [1.807, 2.05) is 0 Å². The highest BCUT2D eigenvalue weighted by atomic mass is 32.1. The number of anilines is 2. The molecule has 0 aliphatic carbocycles. The lowest BCUT2D eigenvalue weighted by Gasteiger charge is -2.15. The fraction of sp³-hybridized carbons (Fsp3) is 0.318. The third-order valence-corrected chi connectivity index (χ3v) is 5.85. The number of nitrogens with zero attached hydrogens (tertiary/aromatic N) is 2. The van der Waals surface area contributed by atoms with Crippen LogP contribution in [0.5, 0.6) is 0 Å². The summed E-state index contributed by atoms with van der Waals surface area (Å²) in [7, 11) is 0. The summed E-state index contributed by atoms with van der Waals surface area (Å²) in [6.45, 7) is 8.17. The molecule has 0 aliphatic rings. The highest BCUT2D eigenvalue weighted by Crippen LogP contribution is 2.28. The quantitative estimate of drug-likeness (QED) is 0.548. The van der Waals surface area contributed by atoms with E-state index in [1.54, 1.807) is 52.0 Å². The minimum Gasteiger partial charge on any atom is -0.459 e. The fourth-order valence-electron chi connectivity index (χ4n) is 3.09. The summed E-state index contributed by atoms with van der Waals surface area (Å²) in [5.41, 5.74) is 1.21. The summed E-state index contributed by atoms with van der Waals surface area (Å²) in [5, 5.41) is 5.69. The predicted molar refractivity (Wildman–Crippen MR) is 123 cm³/mol. The predicted octanol–water partition coefficient (Wildman–Crippen LogP) is 3.49. The van der Waals surface area contributed by atoms with Crippen molar-refractivity contribution in [1.29, 1.82) is 0 Å². The van der Waals surface area contributed by atoms with Crippen LogP contribution in [-0.4, -0.2) is 33.4 Å². The summed E-state index contributed by atoms with van der Waals surface area (Å²) in [4.78, 5) is 54.3. The Morgan fingerprint density at radius 2 is 1.66 bits per heavy atom. The van der Waals surface area contributed by atoms with Crippen LogP contribution < -0.4 is 16.2 Å².